The number of fused-ring (bicyclic) bond motifs is 2. The van der Waals surface area contributed by atoms with Gasteiger partial charge in [0.1, 0.15) is 23.5 Å². The summed E-state index contributed by atoms with van der Waals surface area (Å²) in [4.78, 5) is 31.5. The summed E-state index contributed by atoms with van der Waals surface area (Å²) in [6.45, 7) is 3.37. The number of aromatic nitrogens is 2. The van der Waals surface area contributed by atoms with Gasteiger partial charge in [-0.25, -0.2) is 4.68 Å². The Hall–Kier alpha value is -2.87. The fraction of sp³-hybridized carbons (Fsp3) is 0.476. The Labute approximate surface area is 169 Å². The highest BCUT2D eigenvalue weighted by molar-refractivity contribution is 5.97. The minimum Gasteiger partial charge on any atom is -0.494 e. The van der Waals surface area contributed by atoms with E-state index in [1.165, 1.54) is 0 Å². The van der Waals surface area contributed by atoms with Crippen LogP contribution in [0.3, 0.4) is 0 Å². The largest absolute Gasteiger partial charge is 0.494 e. The second-order valence-corrected chi connectivity index (χ2v) is 7.94. The molecule has 2 atom stereocenters. The number of nitrogens with zero attached hydrogens (tertiary/aromatic N) is 5. The number of hydrogen-bond donors (Lipinski definition) is 0. The van der Waals surface area contributed by atoms with Gasteiger partial charge in [0.25, 0.3) is 0 Å². The van der Waals surface area contributed by atoms with Crippen molar-refractivity contribution < 1.29 is 14.3 Å². The number of rotatable bonds is 4. The second kappa shape index (κ2) is 7.18. The van der Waals surface area contributed by atoms with E-state index in [1.807, 2.05) is 46.2 Å². The number of hydrogen-bond acceptors (Lipinski definition) is 5. The lowest BCUT2D eigenvalue weighted by atomic mass is 10.0. The number of ether oxygens (including phenoxy) is 1. The molecule has 0 N–H and O–H groups in total. The van der Waals surface area contributed by atoms with Crippen LogP contribution >= 0.6 is 0 Å². The van der Waals surface area contributed by atoms with Gasteiger partial charge in [0.2, 0.25) is 11.8 Å². The molecule has 3 aliphatic heterocycles. The van der Waals surface area contributed by atoms with E-state index in [1.54, 1.807) is 12.0 Å². The van der Waals surface area contributed by atoms with Gasteiger partial charge < -0.3 is 14.5 Å². The molecule has 2 amide bonds. The molecule has 2 aromatic rings. The third-order valence-electron chi connectivity index (χ3n) is 6.23. The highest BCUT2D eigenvalue weighted by Gasteiger charge is 2.49. The minimum absolute atomic E-state index is 0.113. The van der Waals surface area contributed by atoms with Gasteiger partial charge in [0.05, 0.1) is 13.3 Å². The van der Waals surface area contributed by atoms with Crippen molar-refractivity contribution in [2.75, 3.05) is 33.3 Å². The summed E-state index contributed by atoms with van der Waals surface area (Å²) in [5.41, 5.74) is 1.96. The monoisotopic (exact) mass is 395 g/mol. The zero-order valence-corrected chi connectivity index (χ0v) is 16.5. The number of para-hydroxylation sites is 2. The molecule has 8 nitrogen and oxygen atoms in total. The molecule has 0 spiro atoms. The molecule has 5 rings (SSSR count). The van der Waals surface area contributed by atoms with E-state index in [0.29, 0.717) is 26.2 Å². The maximum Gasteiger partial charge on any atom is 0.247 e. The Morgan fingerprint density at radius 1 is 1.07 bits per heavy atom. The summed E-state index contributed by atoms with van der Waals surface area (Å²) in [6.07, 6.45) is 5.58. The van der Waals surface area contributed by atoms with Crippen molar-refractivity contribution in [3.63, 3.8) is 0 Å². The zero-order chi connectivity index (χ0) is 20.0. The molecule has 3 saturated heterocycles. The zero-order valence-electron chi connectivity index (χ0n) is 16.5. The van der Waals surface area contributed by atoms with Gasteiger partial charge in [0.15, 0.2) is 0 Å². The predicted octanol–water partition coefficient (Wildman–Crippen LogP) is 0.898. The predicted molar refractivity (Wildman–Crippen MR) is 106 cm³/mol. The van der Waals surface area contributed by atoms with Crippen LogP contribution in [0.5, 0.6) is 5.75 Å². The van der Waals surface area contributed by atoms with E-state index in [-0.39, 0.29) is 23.9 Å². The molecular formula is C21H25N5O3. The van der Waals surface area contributed by atoms with E-state index in [0.717, 1.165) is 36.4 Å². The molecule has 1 aromatic heterocycles. The molecule has 0 radical (unpaired) electrons. The molecule has 8 heteroatoms. The first-order valence-corrected chi connectivity index (χ1v) is 10.2. The van der Waals surface area contributed by atoms with Gasteiger partial charge >= 0.3 is 0 Å². The molecule has 0 aliphatic carbocycles. The SMILES string of the molecule is COc1ccccc1-n1cc(CN2CCN3C(=O)[C@@H]4CCCN4C(=O)[C@H]3C2)cn1. The number of piperazine rings is 2. The summed E-state index contributed by atoms with van der Waals surface area (Å²) >= 11 is 0. The fourth-order valence-corrected chi connectivity index (χ4v) is 4.78. The normalized spacial score (nSPS) is 24.6. The molecule has 29 heavy (non-hydrogen) atoms. The summed E-state index contributed by atoms with van der Waals surface area (Å²) in [7, 11) is 1.65. The van der Waals surface area contributed by atoms with Gasteiger partial charge in [-0.05, 0) is 25.0 Å². The van der Waals surface area contributed by atoms with E-state index >= 15 is 0 Å². The topological polar surface area (TPSA) is 70.9 Å². The van der Waals surface area contributed by atoms with E-state index in [9.17, 15) is 9.59 Å². The average Bonchev–Trinajstić information content (AvgIpc) is 3.42. The first-order chi connectivity index (χ1) is 14.2. The summed E-state index contributed by atoms with van der Waals surface area (Å²) < 4.78 is 7.24. The average molecular weight is 395 g/mol. The van der Waals surface area contributed by atoms with E-state index in [4.69, 9.17) is 4.74 Å². The lowest BCUT2D eigenvalue weighted by Crippen LogP contribution is -2.68. The quantitative estimate of drug-likeness (QED) is 0.769. The molecule has 152 valence electrons. The number of carbonyl (C=O) groups excluding carboxylic acids is 2. The second-order valence-electron chi connectivity index (χ2n) is 7.94. The maximum atomic E-state index is 12.9. The van der Waals surface area contributed by atoms with Crippen molar-refractivity contribution in [1.82, 2.24) is 24.5 Å². The first-order valence-electron chi connectivity index (χ1n) is 10.2. The third-order valence-corrected chi connectivity index (χ3v) is 6.23. The molecule has 0 unspecified atom stereocenters. The van der Waals surface area contributed by atoms with Crippen molar-refractivity contribution in [1.29, 1.82) is 0 Å². The number of benzene rings is 1. The first kappa shape index (κ1) is 18.2. The maximum absolute atomic E-state index is 12.9. The molecular weight excluding hydrogens is 370 g/mol. The summed E-state index contributed by atoms with van der Waals surface area (Å²) in [5, 5.41) is 4.48. The fourth-order valence-electron chi connectivity index (χ4n) is 4.78. The van der Waals surface area contributed by atoms with Crippen LogP contribution in [0.15, 0.2) is 36.7 Å². The standard InChI is InChI=1S/C21H25N5O3/c1-29-19-7-3-2-5-16(19)26-13-15(11-22-26)12-23-9-10-25-18(14-23)21(28)24-8-4-6-17(24)20(25)27/h2-3,5,7,11,13,17-18H,4,6,8-10,12,14H2,1H3/t17-,18+/m0/s1. The molecule has 0 bridgehead atoms. The van der Waals surface area contributed by atoms with Crippen molar-refractivity contribution in [2.24, 2.45) is 0 Å². The van der Waals surface area contributed by atoms with E-state index < -0.39 is 0 Å². The lowest BCUT2D eigenvalue weighted by Gasteiger charge is -2.47. The van der Waals surface area contributed by atoms with Crippen LogP contribution in [0, 0.1) is 0 Å². The molecule has 1 aromatic carbocycles. The Balaban J connectivity index is 1.30. The van der Waals surface area contributed by atoms with Gasteiger partial charge in [-0.2, -0.15) is 5.10 Å². The Morgan fingerprint density at radius 3 is 2.72 bits per heavy atom. The van der Waals surface area contributed by atoms with Crippen LogP contribution in [0.25, 0.3) is 5.69 Å². The van der Waals surface area contributed by atoms with Crippen molar-refractivity contribution in [3.8, 4) is 11.4 Å². The summed E-state index contributed by atoms with van der Waals surface area (Å²) in [5.74, 6) is 1.01. The van der Waals surface area contributed by atoms with Crippen LogP contribution in [0.4, 0.5) is 0 Å². The highest BCUT2D eigenvalue weighted by atomic mass is 16.5. The number of methoxy groups -OCH3 is 1. The van der Waals surface area contributed by atoms with Gasteiger partial charge in [-0.1, -0.05) is 12.1 Å². The Kier molecular flexibility index (Phi) is 4.50. The Morgan fingerprint density at radius 2 is 1.86 bits per heavy atom. The van der Waals surface area contributed by atoms with Crippen LogP contribution in [-0.2, 0) is 16.1 Å². The van der Waals surface area contributed by atoms with Crippen molar-refractivity contribution in [2.45, 2.75) is 31.5 Å². The number of amides is 2. The molecule has 0 saturated carbocycles. The molecule has 3 aliphatic rings. The van der Waals surface area contributed by atoms with Crippen LogP contribution in [0.1, 0.15) is 18.4 Å². The highest BCUT2D eigenvalue weighted by Crippen LogP contribution is 2.29. The summed E-state index contributed by atoms with van der Waals surface area (Å²) in [6, 6.07) is 7.19. The number of carbonyl (C=O) groups is 2. The smallest absolute Gasteiger partial charge is 0.247 e. The van der Waals surface area contributed by atoms with Gasteiger partial charge in [0, 0.05) is 44.5 Å². The third kappa shape index (κ3) is 3.07. The van der Waals surface area contributed by atoms with E-state index in [2.05, 4.69) is 10.00 Å². The van der Waals surface area contributed by atoms with Gasteiger partial charge in [-0.15, -0.1) is 0 Å². The van der Waals surface area contributed by atoms with Crippen LogP contribution in [-0.4, -0.2) is 81.7 Å². The van der Waals surface area contributed by atoms with Crippen LogP contribution < -0.4 is 4.74 Å². The minimum atomic E-state index is -0.352. The molecule has 3 fully saturated rings. The lowest BCUT2D eigenvalue weighted by molar-refractivity contribution is -0.163. The molecule has 4 heterocycles. The van der Waals surface area contributed by atoms with Crippen LogP contribution in [0.2, 0.25) is 0 Å². The van der Waals surface area contributed by atoms with Crippen molar-refractivity contribution >= 4 is 11.8 Å². The van der Waals surface area contributed by atoms with Gasteiger partial charge in [-0.3, -0.25) is 14.5 Å². The Bertz CT molecular complexity index is 942. The van der Waals surface area contributed by atoms with Crippen molar-refractivity contribution in [3.05, 3.63) is 42.2 Å².